The standard InChI is InChI=1S/C21H23ClN2O5S2/c22-17-6-10-18(11-7-17)30(26,27)20-14-23(15-20)21(25)16-4-8-19(9-5-16)31(28,29)24-12-2-1-3-13-24/h4-11,20H,1-3,12-15H2. The Morgan fingerprint density at radius 1 is 0.806 bits per heavy atom. The van der Waals surface area contributed by atoms with E-state index >= 15 is 0 Å². The molecule has 0 unspecified atom stereocenters. The number of amides is 1. The van der Waals surface area contributed by atoms with Crippen molar-refractivity contribution in [2.24, 2.45) is 0 Å². The molecule has 2 aromatic rings. The first kappa shape index (κ1) is 22.3. The fraction of sp³-hybridized carbons (Fsp3) is 0.381. The third kappa shape index (κ3) is 4.37. The van der Waals surface area contributed by atoms with Crippen LogP contribution in [0.5, 0.6) is 0 Å². The van der Waals surface area contributed by atoms with Gasteiger partial charge < -0.3 is 4.90 Å². The van der Waals surface area contributed by atoms with Crippen molar-refractivity contribution in [3.05, 3.63) is 59.1 Å². The van der Waals surface area contributed by atoms with Crippen molar-refractivity contribution in [1.29, 1.82) is 0 Å². The molecule has 0 atom stereocenters. The topological polar surface area (TPSA) is 91.8 Å². The van der Waals surface area contributed by atoms with Gasteiger partial charge in [0, 0.05) is 36.8 Å². The maximum atomic E-state index is 12.7. The number of carbonyl (C=O) groups is 1. The van der Waals surface area contributed by atoms with Crippen molar-refractivity contribution in [3.63, 3.8) is 0 Å². The van der Waals surface area contributed by atoms with Crippen LogP contribution in [0.4, 0.5) is 0 Å². The van der Waals surface area contributed by atoms with E-state index in [0.29, 0.717) is 23.7 Å². The lowest BCUT2D eigenvalue weighted by atomic mass is 10.1. The Bertz CT molecular complexity index is 1170. The number of carbonyl (C=O) groups excluding carboxylic acids is 1. The molecule has 2 aliphatic heterocycles. The smallest absolute Gasteiger partial charge is 0.253 e. The number of likely N-dealkylation sites (tertiary alicyclic amines) is 1. The van der Waals surface area contributed by atoms with Gasteiger partial charge in [-0.05, 0) is 61.4 Å². The minimum atomic E-state index is -3.56. The average Bonchev–Trinajstić information content (AvgIpc) is 2.73. The molecular weight excluding hydrogens is 460 g/mol. The normalized spacial score (nSPS) is 18.5. The lowest BCUT2D eigenvalue weighted by Gasteiger charge is -2.38. The summed E-state index contributed by atoms with van der Waals surface area (Å²) in [6, 6.07) is 11.8. The van der Waals surface area contributed by atoms with Crippen LogP contribution in [0.25, 0.3) is 0 Å². The van der Waals surface area contributed by atoms with Crippen LogP contribution in [0.2, 0.25) is 5.02 Å². The summed E-state index contributed by atoms with van der Waals surface area (Å²) in [6.07, 6.45) is 2.74. The molecule has 2 aliphatic rings. The second-order valence-corrected chi connectivity index (χ2v) is 12.4. The van der Waals surface area contributed by atoms with Gasteiger partial charge in [-0.1, -0.05) is 18.0 Å². The molecule has 0 aliphatic carbocycles. The van der Waals surface area contributed by atoms with E-state index in [1.54, 1.807) is 0 Å². The van der Waals surface area contributed by atoms with E-state index in [2.05, 4.69) is 0 Å². The molecule has 166 valence electrons. The molecule has 4 rings (SSSR count). The highest BCUT2D eigenvalue weighted by Crippen LogP contribution is 2.27. The van der Waals surface area contributed by atoms with Crippen LogP contribution in [0, 0.1) is 0 Å². The fourth-order valence-electron chi connectivity index (χ4n) is 3.82. The quantitative estimate of drug-likeness (QED) is 0.653. The second-order valence-electron chi connectivity index (χ2n) is 7.82. The van der Waals surface area contributed by atoms with Gasteiger partial charge in [0.2, 0.25) is 10.0 Å². The summed E-state index contributed by atoms with van der Waals surface area (Å²) in [5, 5.41) is -0.216. The first-order chi connectivity index (χ1) is 14.7. The zero-order valence-electron chi connectivity index (χ0n) is 16.8. The van der Waals surface area contributed by atoms with Gasteiger partial charge in [0.15, 0.2) is 9.84 Å². The third-order valence-corrected chi connectivity index (χ3v) is 10.0. The van der Waals surface area contributed by atoms with Gasteiger partial charge in [0.05, 0.1) is 9.79 Å². The van der Waals surface area contributed by atoms with Crippen molar-refractivity contribution in [2.45, 2.75) is 34.3 Å². The predicted octanol–water partition coefficient (Wildman–Crippen LogP) is 2.81. The van der Waals surface area contributed by atoms with E-state index in [4.69, 9.17) is 11.6 Å². The summed E-state index contributed by atoms with van der Waals surface area (Å²) in [5.74, 6) is -0.315. The molecule has 0 bridgehead atoms. The van der Waals surface area contributed by atoms with Crippen LogP contribution in [0.1, 0.15) is 29.6 Å². The van der Waals surface area contributed by atoms with Crippen molar-refractivity contribution in [2.75, 3.05) is 26.2 Å². The van der Waals surface area contributed by atoms with Gasteiger partial charge >= 0.3 is 0 Å². The third-order valence-electron chi connectivity index (χ3n) is 5.77. The molecule has 10 heteroatoms. The van der Waals surface area contributed by atoms with E-state index in [0.717, 1.165) is 19.3 Å². The van der Waals surface area contributed by atoms with Crippen molar-refractivity contribution < 1.29 is 21.6 Å². The summed E-state index contributed by atoms with van der Waals surface area (Å²) in [6.45, 7) is 1.22. The number of sulfone groups is 1. The number of nitrogens with zero attached hydrogens (tertiary/aromatic N) is 2. The predicted molar refractivity (Wildman–Crippen MR) is 117 cm³/mol. The van der Waals surface area contributed by atoms with Crippen molar-refractivity contribution >= 4 is 37.4 Å². The molecule has 0 spiro atoms. The van der Waals surface area contributed by atoms with Gasteiger partial charge in [-0.15, -0.1) is 0 Å². The van der Waals surface area contributed by atoms with Crippen LogP contribution in [-0.4, -0.2) is 63.4 Å². The average molecular weight is 483 g/mol. The SMILES string of the molecule is O=C(c1ccc(S(=O)(=O)N2CCCCC2)cc1)N1CC(S(=O)(=O)c2ccc(Cl)cc2)C1. The number of rotatable bonds is 5. The van der Waals surface area contributed by atoms with E-state index in [1.165, 1.54) is 57.7 Å². The van der Waals surface area contributed by atoms with Gasteiger partial charge in [0.1, 0.15) is 5.25 Å². The Balaban J connectivity index is 1.41. The first-order valence-electron chi connectivity index (χ1n) is 10.1. The van der Waals surface area contributed by atoms with Crippen LogP contribution in [0.15, 0.2) is 58.3 Å². The van der Waals surface area contributed by atoms with Crippen LogP contribution < -0.4 is 0 Å². The molecular formula is C21H23ClN2O5S2. The second kappa shape index (κ2) is 8.54. The Morgan fingerprint density at radius 2 is 1.35 bits per heavy atom. The highest BCUT2D eigenvalue weighted by molar-refractivity contribution is 7.92. The monoisotopic (exact) mass is 482 g/mol. The molecule has 2 saturated heterocycles. The molecule has 0 aromatic heterocycles. The van der Waals surface area contributed by atoms with Crippen molar-refractivity contribution in [1.82, 2.24) is 9.21 Å². The zero-order chi connectivity index (χ0) is 22.2. The summed E-state index contributed by atoms with van der Waals surface area (Å²) in [5.41, 5.74) is 0.333. The van der Waals surface area contributed by atoms with Crippen molar-refractivity contribution in [3.8, 4) is 0 Å². The van der Waals surface area contributed by atoms with E-state index in [9.17, 15) is 21.6 Å². The molecule has 0 radical (unpaired) electrons. The number of piperidine rings is 1. The Kier molecular flexibility index (Phi) is 6.13. The van der Waals surface area contributed by atoms with Crippen LogP contribution in [0.3, 0.4) is 0 Å². The Morgan fingerprint density at radius 3 is 1.94 bits per heavy atom. The number of hydrogen-bond acceptors (Lipinski definition) is 5. The van der Waals surface area contributed by atoms with Gasteiger partial charge in [0.25, 0.3) is 5.91 Å². The molecule has 2 fully saturated rings. The molecule has 0 N–H and O–H groups in total. The fourth-order valence-corrected chi connectivity index (χ4v) is 7.12. The Hall–Kier alpha value is -1.94. The first-order valence-corrected chi connectivity index (χ1v) is 13.4. The number of sulfonamides is 1. The maximum Gasteiger partial charge on any atom is 0.253 e. The summed E-state index contributed by atoms with van der Waals surface area (Å²) < 4.78 is 52.3. The highest BCUT2D eigenvalue weighted by atomic mass is 35.5. The number of benzene rings is 2. The van der Waals surface area contributed by atoms with Gasteiger partial charge in [-0.25, -0.2) is 16.8 Å². The lowest BCUT2D eigenvalue weighted by molar-refractivity contribution is 0.0658. The summed E-state index contributed by atoms with van der Waals surface area (Å²) in [7, 11) is -7.10. The largest absolute Gasteiger partial charge is 0.336 e. The minimum Gasteiger partial charge on any atom is -0.336 e. The summed E-state index contributed by atoms with van der Waals surface area (Å²) in [4.78, 5) is 14.5. The van der Waals surface area contributed by atoms with Crippen LogP contribution >= 0.6 is 11.6 Å². The molecule has 0 saturated carbocycles. The molecule has 7 nitrogen and oxygen atoms in total. The minimum absolute atomic E-state index is 0.0949. The highest BCUT2D eigenvalue weighted by Gasteiger charge is 2.40. The molecule has 2 heterocycles. The Labute approximate surface area is 187 Å². The van der Waals surface area contributed by atoms with E-state index in [-0.39, 0.29) is 28.8 Å². The molecule has 2 aromatic carbocycles. The molecule has 1 amide bonds. The number of halogens is 1. The van der Waals surface area contributed by atoms with Crippen LogP contribution in [-0.2, 0) is 19.9 Å². The lowest BCUT2D eigenvalue weighted by Crippen LogP contribution is -2.56. The van der Waals surface area contributed by atoms with Gasteiger partial charge in [-0.3, -0.25) is 4.79 Å². The molecule has 31 heavy (non-hydrogen) atoms. The zero-order valence-corrected chi connectivity index (χ0v) is 19.2. The summed E-state index contributed by atoms with van der Waals surface area (Å²) >= 11 is 5.82. The van der Waals surface area contributed by atoms with E-state index in [1.807, 2.05) is 0 Å². The van der Waals surface area contributed by atoms with Gasteiger partial charge in [-0.2, -0.15) is 4.31 Å². The maximum absolute atomic E-state index is 12.7. The number of hydrogen-bond donors (Lipinski definition) is 0. The van der Waals surface area contributed by atoms with E-state index < -0.39 is 25.1 Å².